The van der Waals surface area contributed by atoms with Crippen LogP contribution in [0, 0.1) is 11.6 Å². The number of nitrogens with zero attached hydrogens (tertiary/aromatic N) is 2. The molecule has 8 heteroatoms. The quantitative estimate of drug-likeness (QED) is 0.604. The Morgan fingerprint density at radius 1 is 1.03 bits per heavy atom. The lowest BCUT2D eigenvalue weighted by Gasteiger charge is -2.39. The molecule has 2 heterocycles. The van der Waals surface area contributed by atoms with E-state index >= 15 is 0 Å². The highest BCUT2D eigenvalue weighted by Gasteiger charge is 2.28. The molecule has 1 atom stereocenters. The van der Waals surface area contributed by atoms with Crippen molar-refractivity contribution in [3.05, 3.63) is 83.8 Å². The van der Waals surface area contributed by atoms with E-state index in [1.165, 1.54) is 6.07 Å². The van der Waals surface area contributed by atoms with Gasteiger partial charge in [-0.3, -0.25) is 9.69 Å². The molecule has 0 aliphatic carbocycles. The third kappa shape index (κ3) is 4.75. The molecule has 6 nitrogen and oxygen atoms in total. The van der Waals surface area contributed by atoms with Crippen LogP contribution < -0.4 is 15.0 Å². The molecule has 1 aromatic heterocycles. The SMILES string of the molecule is COc1ccc(N2CCN([C@@H](CNC(=O)c3c(F)cccc3F)c3ccco3)CC2)cc1. The molecule has 1 fully saturated rings. The van der Waals surface area contributed by atoms with Gasteiger partial charge in [0.05, 0.1) is 19.4 Å². The fraction of sp³-hybridized carbons (Fsp3) is 0.292. The summed E-state index contributed by atoms with van der Waals surface area (Å²) in [7, 11) is 1.64. The minimum atomic E-state index is -0.884. The number of hydrogen-bond donors (Lipinski definition) is 1. The number of halogens is 2. The second-order valence-corrected chi connectivity index (χ2v) is 7.56. The Kier molecular flexibility index (Phi) is 6.70. The van der Waals surface area contributed by atoms with Gasteiger partial charge in [0, 0.05) is 38.4 Å². The number of piperazine rings is 1. The van der Waals surface area contributed by atoms with Gasteiger partial charge in [-0.15, -0.1) is 0 Å². The number of carbonyl (C=O) groups is 1. The molecule has 2 aromatic carbocycles. The van der Waals surface area contributed by atoms with Crippen molar-refractivity contribution in [1.29, 1.82) is 0 Å². The molecular weight excluding hydrogens is 416 g/mol. The Morgan fingerprint density at radius 2 is 1.72 bits per heavy atom. The van der Waals surface area contributed by atoms with Gasteiger partial charge in [0.1, 0.15) is 28.7 Å². The molecule has 168 valence electrons. The average molecular weight is 441 g/mol. The van der Waals surface area contributed by atoms with Crippen molar-refractivity contribution in [3.63, 3.8) is 0 Å². The van der Waals surface area contributed by atoms with Crippen LogP contribution in [0.5, 0.6) is 5.75 Å². The molecule has 0 radical (unpaired) electrons. The number of carbonyl (C=O) groups excluding carboxylic acids is 1. The molecular formula is C24H25F2N3O3. The molecule has 1 N–H and O–H groups in total. The Labute approximate surface area is 185 Å². The lowest BCUT2D eigenvalue weighted by Crippen LogP contribution is -2.50. The second-order valence-electron chi connectivity index (χ2n) is 7.56. The maximum absolute atomic E-state index is 14.0. The van der Waals surface area contributed by atoms with Gasteiger partial charge in [-0.25, -0.2) is 8.78 Å². The van der Waals surface area contributed by atoms with Gasteiger partial charge in [-0.05, 0) is 48.5 Å². The molecule has 1 aliphatic rings. The highest BCUT2D eigenvalue weighted by molar-refractivity contribution is 5.94. The first-order chi connectivity index (χ1) is 15.6. The van der Waals surface area contributed by atoms with Crippen LogP contribution in [0.4, 0.5) is 14.5 Å². The van der Waals surface area contributed by atoms with Crippen molar-refractivity contribution in [2.45, 2.75) is 6.04 Å². The van der Waals surface area contributed by atoms with Gasteiger partial charge in [0.25, 0.3) is 5.91 Å². The first kappa shape index (κ1) is 21.8. The zero-order valence-electron chi connectivity index (χ0n) is 17.8. The van der Waals surface area contributed by atoms with Crippen LogP contribution in [0.1, 0.15) is 22.2 Å². The van der Waals surface area contributed by atoms with Gasteiger partial charge in [-0.1, -0.05) is 6.07 Å². The van der Waals surface area contributed by atoms with E-state index in [9.17, 15) is 13.6 Å². The Balaban J connectivity index is 1.42. The molecule has 32 heavy (non-hydrogen) atoms. The highest BCUT2D eigenvalue weighted by Crippen LogP contribution is 2.26. The van der Waals surface area contributed by atoms with E-state index in [1.54, 1.807) is 19.4 Å². The van der Waals surface area contributed by atoms with Crippen molar-refractivity contribution < 1.29 is 22.7 Å². The number of ether oxygens (including phenoxy) is 1. The summed E-state index contributed by atoms with van der Waals surface area (Å²) in [6, 6.07) is 14.7. The maximum Gasteiger partial charge on any atom is 0.257 e. The second kappa shape index (κ2) is 9.82. The third-order valence-corrected chi connectivity index (χ3v) is 5.71. The number of furan rings is 1. The maximum atomic E-state index is 14.0. The van der Waals surface area contributed by atoms with E-state index in [0.29, 0.717) is 5.76 Å². The number of rotatable bonds is 7. The van der Waals surface area contributed by atoms with Gasteiger partial charge in [0.2, 0.25) is 0 Å². The summed E-state index contributed by atoms with van der Waals surface area (Å²) in [6.07, 6.45) is 1.58. The van der Waals surface area contributed by atoms with Gasteiger partial charge in [-0.2, -0.15) is 0 Å². The van der Waals surface area contributed by atoms with Crippen molar-refractivity contribution in [2.75, 3.05) is 44.7 Å². The van der Waals surface area contributed by atoms with Gasteiger partial charge >= 0.3 is 0 Å². The van der Waals surface area contributed by atoms with Crippen LogP contribution in [0.15, 0.2) is 65.3 Å². The van der Waals surface area contributed by atoms with Crippen molar-refractivity contribution in [2.24, 2.45) is 0 Å². The van der Waals surface area contributed by atoms with Crippen LogP contribution in [-0.2, 0) is 0 Å². The van der Waals surface area contributed by atoms with Gasteiger partial charge < -0.3 is 19.4 Å². The topological polar surface area (TPSA) is 58.0 Å². The van der Waals surface area contributed by atoms with Crippen molar-refractivity contribution >= 4 is 11.6 Å². The monoisotopic (exact) mass is 441 g/mol. The predicted octanol–water partition coefficient (Wildman–Crippen LogP) is 3.86. The minimum Gasteiger partial charge on any atom is -0.497 e. The van der Waals surface area contributed by atoms with Crippen LogP contribution in [-0.4, -0.2) is 50.6 Å². The van der Waals surface area contributed by atoms with Crippen LogP contribution in [0.2, 0.25) is 0 Å². The standard InChI is InChI=1S/C24H25F2N3O3/c1-31-18-9-7-17(8-10-18)28-11-13-29(14-12-28)21(22-6-3-15-32-22)16-27-24(30)23-19(25)4-2-5-20(23)26/h2-10,15,21H,11-14,16H2,1H3,(H,27,30)/t21-/m0/s1. The Morgan fingerprint density at radius 3 is 2.31 bits per heavy atom. The van der Waals surface area contributed by atoms with E-state index in [2.05, 4.69) is 15.1 Å². The van der Waals surface area contributed by atoms with E-state index < -0.39 is 23.1 Å². The highest BCUT2D eigenvalue weighted by atomic mass is 19.1. The fourth-order valence-electron chi connectivity index (χ4n) is 3.97. The molecule has 0 saturated carbocycles. The number of benzene rings is 2. The van der Waals surface area contributed by atoms with Gasteiger partial charge in [0.15, 0.2) is 0 Å². The molecule has 0 bridgehead atoms. The number of nitrogens with one attached hydrogen (secondary N) is 1. The molecule has 0 unspecified atom stereocenters. The van der Waals surface area contributed by atoms with Crippen molar-refractivity contribution in [1.82, 2.24) is 10.2 Å². The van der Waals surface area contributed by atoms with Crippen LogP contribution >= 0.6 is 0 Å². The molecule has 1 amide bonds. The summed E-state index contributed by atoms with van der Waals surface area (Å²) in [4.78, 5) is 17.0. The summed E-state index contributed by atoms with van der Waals surface area (Å²) < 4.78 is 38.7. The summed E-state index contributed by atoms with van der Waals surface area (Å²) in [5.74, 6) is -1.05. The number of methoxy groups -OCH3 is 1. The lowest BCUT2D eigenvalue weighted by atomic mass is 10.1. The molecule has 4 rings (SSSR count). The van der Waals surface area contributed by atoms with E-state index in [0.717, 1.165) is 49.7 Å². The van der Waals surface area contributed by atoms with Crippen LogP contribution in [0.25, 0.3) is 0 Å². The molecule has 0 spiro atoms. The predicted molar refractivity (Wildman–Crippen MR) is 117 cm³/mol. The number of hydrogen-bond acceptors (Lipinski definition) is 5. The zero-order valence-corrected chi connectivity index (χ0v) is 17.8. The third-order valence-electron chi connectivity index (χ3n) is 5.71. The number of amides is 1. The first-order valence-electron chi connectivity index (χ1n) is 10.5. The Hall–Kier alpha value is -3.39. The van der Waals surface area contributed by atoms with Crippen molar-refractivity contribution in [3.8, 4) is 5.75 Å². The normalized spacial score (nSPS) is 15.4. The fourth-order valence-corrected chi connectivity index (χ4v) is 3.97. The van der Waals surface area contributed by atoms with E-state index in [-0.39, 0.29) is 12.6 Å². The number of anilines is 1. The van der Waals surface area contributed by atoms with Crippen LogP contribution in [0.3, 0.4) is 0 Å². The smallest absolute Gasteiger partial charge is 0.257 e. The molecule has 3 aromatic rings. The zero-order chi connectivity index (χ0) is 22.5. The Bertz CT molecular complexity index is 1010. The lowest BCUT2D eigenvalue weighted by molar-refractivity contribution is 0.0914. The first-order valence-corrected chi connectivity index (χ1v) is 10.5. The largest absolute Gasteiger partial charge is 0.497 e. The summed E-state index contributed by atoms with van der Waals surface area (Å²) in [5.41, 5.74) is 0.540. The average Bonchev–Trinajstić information content (AvgIpc) is 3.34. The summed E-state index contributed by atoms with van der Waals surface area (Å²) in [6.45, 7) is 3.23. The summed E-state index contributed by atoms with van der Waals surface area (Å²) >= 11 is 0. The minimum absolute atomic E-state index is 0.169. The van der Waals surface area contributed by atoms with E-state index in [4.69, 9.17) is 9.15 Å². The summed E-state index contributed by atoms with van der Waals surface area (Å²) in [5, 5.41) is 2.67. The van der Waals surface area contributed by atoms with E-state index in [1.807, 2.05) is 30.3 Å². The molecule has 1 aliphatic heterocycles. The molecule has 1 saturated heterocycles.